The molecule has 2 unspecified atom stereocenters. The van der Waals surface area contributed by atoms with Gasteiger partial charge >= 0.3 is 39.5 Å². The molecular weight excluding hydrogens is 1370 g/mol. The Labute approximate surface area is 645 Å². The quantitative estimate of drug-likeness (QED) is 0.0222. The molecule has 0 bridgehead atoms. The number of aliphatic hydroxyl groups excluding tert-OH is 1. The molecule has 0 aromatic heterocycles. The lowest BCUT2D eigenvalue weighted by Gasteiger charge is -2.21. The Morgan fingerprint density at radius 3 is 0.562 bits per heavy atom. The normalized spacial score (nSPS) is 13.7. The zero-order valence-electron chi connectivity index (χ0n) is 68.7. The van der Waals surface area contributed by atoms with Gasteiger partial charge in [-0.3, -0.25) is 37.3 Å². The number of esters is 4. The molecule has 0 aliphatic rings. The SMILES string of the molecule is CCCCCCCCCCCCCCCCCCCCCC(=O)OC[C@H](COP(=O)(O)OC[C@@H](O)COP(=O)(O)OC[C@@H](COC(=O)CCCCCCCCCCC)OC(=O)CCCCCCCCCCCCCCCCCCCC)OC(=O)CCCCCCCCCCCCCCCCCCCCC. The molecule has 0 heterocycles. The summed E-state index contributed by atoms with van der Waals surface area (Å²) in [5, 5.41) is 10.7. The van der Waals surface area contributed by atoms with Gasteiger partial charge in [0.15, 0.2) is 12.2 Å². The molecule has 0 aromatic carbocycles. The van der Waals surface area contributed by atoms with Gasteiger partial charge in [0.05, 0.1) is 26.4 Å². The van der Waals surface area contributed by atoms with Crippen LogP contribution < -0.4 is 0 Å². The molecule has 19 heteroatoms. The first kappa shape index (κ1) is 103. The van der Waals surface area contributed by atoms with Gasteiger partial charge in [-0.05, 0) is 25.7 Å². The van der Waals surface area contributed by atoms with Gasteiger partial charge in [0.1, 0.15) is 19.3 Å². The largest absolute Gasteiger partial charge is 0.472 e. The number of phosphoric ester groups is 2. The van der Waals surface area contributed by atoms with E-state index < -0.39 is 97.5 Å². The molecule has 0 rings (SSSR count). The summed E-state index contributed by atoms with van der Waals surface area (Å²) in [4.78, 5) is 73.2. The molecule has 0 amide bonds. The molecule has 0 fully saturated rings. The standard InChI is InChI=1S/C86H168O17P2/c1-5-9-13-17-21-25-28-31-34-37-40-43-45-48-51-55-59-63-67-71-84(89)97-77-82(103-86(91)73-69-65-61-57-53-50-47-44-41-38-35-32-29-26-22-18-14-10-6-2)79-101-105(94,95)99-75-80(87)74-98-104(92,93)100-78-81(76-96-83(88)70-66-62-58-54-24-20-16-12-8-4)102-85(90)72-68-64-60-56-52-49-46-42-39-36-33-30-27-23-19-15-11-7-3/h80-82,87H,5-79H2,1-4H3,(H,92,93)(H,94,95)/t80-,81+,82+/m0/s1. The van der Waals surface area contributed by atoms with E-state index in [-0.39, 0.29) is 25.7 Å². The number of hydrogen-bond acceptors (Lipinski definition) is 15. The van der Waals surface area contributed by atoms with Gasteiger partial charge in [-0.2, -0.15) is 0 Å². The molecule has 624 valence electrons. The smallest absolute Gasteiger partial charge is 0.462 e. The second kappa shape index (κ2) is 80.1. The molecule has 3 N–H and O–H groups in total. The minimum absolute atomic E-state index is 0.109. The van der Waals surface area contributed by atoms with Crippen LogP contribution >= 0.6 is 15.6 Å². The van der Waals surface area contributed by atoms with Crippen molar-refractivity contribution in [2.24, 2.45) is 0 Å². The van der Waals surface area contributed by atoms with Gasteiger partial charge in [0.25, 0.3) is 0 Å². The van der Waals surface area contributed by atoms with E-state index in [0.717, 1.165) is 89.9 Å². The summed E-state index contributed by atoms with van der Waals surface area (Å²) in [6.07, 6.45) is 75.1. The number of carbonyl (C=O) groups is 4. The lowest BCUT2D eigenvalue weighted by molar-refractivity contribution is -0.161. The highest BCUT2D eigenvalue weighted by Crippen LogP contribution is 2.45. The fraction of sp³-hybridized carbons (Fsp3) is 0.953. The van der Waals surface area contributed by atoms with Crippen molar-refractivity contribution in [2.45, 2.75) is 489 Å². The van der Waals surface area contributed by atoms with Gasteiger partial charge < -0.3 is 33.8 Å². The fourth-order valence-corrected chi connectivity index (χ4v) is 15.1. The zero-order valence-corrected chi connectivity index (χ0v) is 70.5. The molecule has 0 spiro atoms. The van der Waals surface area contributed by atoms with E-state index in [9.17, 15) is 43.2 Å². The van der Waals surface area contributed by atoms with Gasteiger partial charge in [-0.25, -0.2) is 9.13 Å². The third kappa shape index (κ3) is 79.9. The maximum absolute atomic E-state index is 13.1. The van der Waals surface area contributed by atoms with Crippen molar-refractivity contribution < 1.29 is 80.2 Å². The predicted molar refractivity (Wildman–Crippen MR) is 432 cm³/mol. The molecule has 0 aliphatic carbocycles. The van der Waals surface area contributed by atoms with Crippen LogP contribution in [-0.2, 0) is 65.4 Å². The first-order chi connectivity index (χ1) is 51.2. The first-order valence-corrected chi connectivity index (χ1v) is 47.8. The van der Waals surface area contributed by atoms with Gasteiger partial charge in [0.2, 0.25) is 0 Å². The Bertz CT molecular complexity index is 1980. The van der Waals surface area contributed by atoms with E-state index in [1.54, 1.807) is 0 Å². The summed E-state index contributed by atoms with van der Waals surface area (Å²) < 4.78 is 68.9. The predicted octanol–water partition coefficient (Wildman–Crippen LogP) is 26.5. The summed E-state index contributed by atoms with van der Waals surface area (Å²) in [6.45, 7) is 5.05. The second-order valence-corrected chi connectivity index (χ2v) is 33.8. The van der Waals surface area contributed by atoms with Crippen LogP contribution in [0.25, 0.3) is 0 Å². The number of hydrogen-bond donors (Lipinski definition) is 3. The average molecular weight is 1540 g/mol. The highest BCUT2D eigenvalue weighted by Gasteiger charge is 2.30. The lowest BCUT2D eigenvalue weighted by atomic mass is 10.0. The van der Waals surface area contributed by atoms with Crippen LogP contribution in [0.2, 0.25) is 0 Å². The second-order valence-electron chi connectivity index (χ2n) is 30.9. The molecule has 5 atom stereocenters. The van der Waals surface area contributed by atoms with E-state index in [0.29, 0.717) is 25.7 Å². The van der Waals surface area contributed by atoms with Crippen LogP contribution in [0.3, 0.4) is 0 Å². The molecule has 17 nitrogen and oxygen atoms in total. The van der Waals surface area contributed by atoms with Gasteiger partial charge in [0, 0.05) is 25.7 Å². The highest BCUT2D eigenvalue weighted by molar-refractivity contribution is 7.47. The number of aliphatic hydroxyl groups is 1. The summed E-state index contributed by atoms with van der Waals surface area (Å²) in [7, 11) is -9.92. The van der Waals surface area contributed by atoms with Crippen molar-refractivity contribution in [3.63, 3.8) is 0 Å². The van der Waals surface area contributed by atoms with Crippen molar-refractivity contribution in [1.82, 2.24) is 0 Å². The van der Waals surface area contributed by atoms with E-state index >= 15 is 0 Å². The fourth-order valence-electron chi connectivity index (χ4n) is 13.5. The number of phosphoric acid groups is 2. The van der Waals surface area contributed by atoms with Crippen LogP contribution in [0.1, 0.15) is 471 Å². The molecule has 0 radical (unpaired) electrons. The van der Waals surface area contributed by atoms with Crippen molar-refractivity contribution in [3.05, 3.63) is 0 Å². The zero-order chi connectivity index (χ0) is 76.7. The topological polar surface area (TPSA) is 237 Å². The summed E-state index contributed by atoms with van der Waals surface area (Å²) in [5.74, 6) is -2.10. The van der Waals surface area contributed by atoms with Crippen LogP contribution in [0.5, 0.6) is 0 Å². The van der Waals surface area contributed by atoms with E-state index in [4.69, 9.17) is 37.0 Å². The maximum Gasteiger partial charge on any atom is 0.472 e. The molecule has 0 aliphatic heterocycles. The monoisotopic (exact) mass is 1540 g/mol. The number of unbranched alkanes of at least 4 members (excludes halogenated alkanes) is 61. The minimum atomic E-state index is -4.96. The van der Waals surface area contributed by atoms with E-state index in [1.165, 1.54) is 302 Å². The Balaban J connectivity index is 5.20. The van der Waals surface area contributed by atoms with Gasteiger partial charge in [-0.15, -0.1) is 0 Å². The summed E-state index contributed by atoms with van der Waals surface area (Å²) >= 11 is 0. The third-order valence-electron chi connectivity index (χ3n) is 20.4. The summed E-state index contributed by atoms with van der Waals surface area (Å²) in [5.41, 5.74) is 0. The van der Waals surface area contributed by atoms with Crippen molar-refractivity contribution in [3.8, 4) is 0 Å². The number of rotatable bonds is 87. The molecule has 0 saturated carbocycles. The molecule has 0 aromatic rings. The third-order valence-corrected chi connectivity index (χ3v) is 22.3. The van der Waals surface area contributed by atoms with Crippen LogP contribution in [-0.4, -0.2) is 96.7 Å². The van der Waals surface area contributed by atoms with Gasteiger partial charge in [-0.1, -0.05) is 419 Å². The molecule has 0 saturated heterocycles. The van der Waals surface area contributed by atoms with Crippen LogP contribution in [0, 0.1) is 0 Å². The number of ether oxygens (including phenoxy) is 4. The first-order valence-electron chi connectivity index (χ1n) is 44.8. The van der Waals surface area contributed by atoms with E-state index in [2.05, 4.69) is 27.7 Å². The summed E-state index contributed by atoms with van der Waals surface area (Å²) in [6, 6.07) is 0. The molecule has 105 heavy (non-hydrogen) atoms. The Hall–Kier alpha value is -1.94. The highest BCUT2D eigenvalue weighted by atomic mass is 31.2. The van der Waals surface area contributed by atoms with Crippen molar-refractivity contribution in [2.75, 3.05) is 39.6 Å². The van der Waals surface area contributed by atoms with Crippen LogP contribution in [0.15, 0.2) is 0 Å². The Kier molecular flexibility index (Phi) is 78.6. The minimum Gasteiger partial charge on any atom is -0.462 e. The number of carbonyl (C=O) groups excluding carboxylic acids is 4. The van der Waals surface area contributed by atoms with Crippen molar-refractivity contribution in [1.29, 1.82) is 0 Å². The Morgan fingerprint density at radius 2 is 0.381 bits per heavy atom. The molecular formula is C86H168O17P2. The average Bonchev–Trinajstić information content (AvgIpc) is 0.908. The Morgan fingerprint density at radius 1 is 0.229 bits per heavy atom. The maximum atomic E-state index is 13.1. The van der Waals surface area contributed by atoms with Crippen LogP contribution in [0.4, 0.5) is 0 Å². The van der Waals surface area contributed by atoms with Crippen molar-refractivity contribution >= 4 is 39.5 Å². The van der Waals surface area contributed by atoms with E-state index in [1.807, 2.05) is 0 Å². The lowest BCUT2D eigenvalue weighted by Crippen LogP contribution is -2.30.